The minimum atomic E-state index is -0.862. The summed E-state index contributed by atoms with van der Waals surface area (Å²) in [5.74, 6) is -1.71. The molecular formula is C12H15F2N3O2. The van der Waals surface area contributed by atoms with Gasteiger partial charge in [-0.05, 0) is 17.7 Å². The molecule has 5 nitrogen and oxygen atoms in total. The lowest BCUT2D eigenvalue weighted by atomic mass is 10.1. The molecule has 0 saturated carbocycles. The Kier molecular flexibility index (Phi) is 4.28. The number of halogens is 2. The Hall–Kier alpha value is -1.73. The van der Waals surface area contributed by atoms with Gasteiger partial charge >= 0.3 is 0 Å². The highest BCUT2D eigenvalue weighted by molar-refractivity contribution is 5.84. The standard InChI is InChI=1S/C12H15F2N3O2/c13-9-2-1-8(5-10(9)14)6-17-3-4-19-11(7-17)12(15)16-18/h1-2,5,11,18H,3-4,6-7H2,(H2,15,16). The van der Waals surface area contributed by atoms with E-state index in [0.717, 1.165) is 6.07 Å². The van der Waals surface area contributed by atoms with E-state index in [1.54, 1.807) is 0 Å². The van der Waals surface area contributed by atoms with E-state index in [2.05, 4.69) is 5.16 Å². The van der Waals surface area contributed by atoms with Gasteiger partial charge in [0.25, 0.3) is 0 Å². The first-order valence-corrected chi connectivity index (χ1v) is 5.85. The van der Waals surface area contributed by atoms with Gasteiger partial charge in [-0.2, -0.15) is 0 Å². The molecule has 1 aromatic carbocycles. The Morgan fingerprint density at radius 1 is 1.47 bits per heavy atom. The lowest BCUT2D eigenvalue weighted by Crippen LogP contribution is -2.48. The third kappa shape index (κ3) is 3.39. The summed E-state index contributed by atoms with van der Waals surface area (Å²) in [6.07, 6.45) is -0.482. The van der Waals surface area contributed by atoms with Crippen molar-refractivity contribution in [2.45, 2.75) is 12.6 Å². The number of amidine groups is 1. The molecule has 0 aromatic heterocycles. The first-order chi connectivity index (χ1) is 9.10. The molecule has 7 heteroatoms. The summed E-state index contributed by atoms with van der Waals surface area (Å²) in [7, 11) is 0. The lowest BCUT2D eigenvalue weighted by molar-refractivity contribution is 0.00138. The van der Waals surface area contributed by atoms with E-state index in [9.17, 15) is 8.78 Å². The van der Waals surface area contributed by atoms with Gasteiger partial charge in [0.05, 0.1) is 6.61 Å². The summed E-state index contributed by atoms with van der Waals surface area (Å²) >= 11 is 0. The maximum Gasteiger partial charge on any atom is 0.169 e. The predicted molar refractivity (Wildman–Crippen MR) is 64.8 cm³/mol. The van der Waals surface area contributed by atoms with Crippen LogP contribution in [0, 0.1) is 11.6 Å². The van der Waals surface area contributed by atoms with Crippen molar-refractivity contribution < 1.29 is 18.7 Å². The van der Waals surface area contributed by atoms with E-state index in [1.165, 1.54) is 12.1 Å². The Morgan fingerprint density at radius 3 is 2.95 bits per heavy atom. The van der Waals surface area contributed by atoms with Gasteiger partial charge in [0, 0.05) is 19.6 Å². The maximum atomic E-state index is 13.1. The summed E-state index contributed by atoms with van der Waals surface area (Å²) < 4.78 is 31.3. The highest BCUT2D eigenvalue weighted by Gasteiger charge is 2.24. The largest absolute Gasteiger partial charge is 0.409 e. The molecule has 0 bridgehead atoms. The molecule has 1 aliphatic rings. The molecule has 1 atom stereocenters. The SMILES string of the molecule is N/C(=N/O)C1CN(Cc2ccc(F)c(F)c2)CCO1. The Labute approximate surface area is 109 Å². The molecular weight excluding hydrogens is 256 g/mol. The maximum absolute atomic E-state index is 13.1. The Bertz CT molecular complexity index is 482. The van der Waals surface area contributed by atoms with E-state index in [1.807, 2.05) is 4.90 Å². The van der Waals surface area contributed by atoms with Crippen LogP contribution >= 0.6 is 0 Å². The van der Waals surface area contributed by atoms with Crippen molar-refractivity contribution in [1.82, 2.24) is 4.90 Å². The van der Waals surface area contributed by atoms with E-state index >= 15 is 0 Å². The molecule has 0 aliphatic carbocycles. The number of hydrogen-bond donors (Lipinski definition) is 2. The van der Waals surface area contributed by atoms with Gasteiger partial charge in [-0.25, -0.2) is 8.78 Å². The summed E-state index contributed by atoms with van der Waals surface area (Å²) in [6.45, 7) is 1.98. The number of nitrogens with zero attached hydrogens (tertiary/aromatic N) is 2. The molecule has 2 rings (SSSR count). The van der Waals surface area contributed by atoms with Crippen molar-refractivity contribution in [2.75, 3.05) is 19.7 Å². The van der Waals surface area contributed by atoms with Crippen molar-refractivity contribution in [3.63, 3.8) is 0 Å². The number of rotatable bonds is 3. The van der Waals surface area contributed by atoms with Crippen molar-refractivity contribution in [2.24, 2.45) is 10.9 Å². The van der Waals surface area contributed by atoms with Crippen molar-refractivity contribution in [3.05, 3.63) is 35.4 Å². The molecule has 19 heavy (non-hydrogen) atoms. The van der Waals surface area contributed by atoms with Crippen LogP contribution < -0.4 is 5.73 Å². The molecule has 1 unspecified atom stereocenters. The van der Waals surface area contributed by atoms with Gasteiger partial charge in [-0.1, -0.05) is 11.2 Å². The van der Waals surface area contributed by atoms with E-state index in [0.29, 0.717) is 31.8 Å². The molecule has 1 heterocycles. The fourth-order valence-corrected chi connectivity index (χ4v) is 1.99. The van der Waals surface area contributed by atoms with Gasteiger partial charge in [-0.15, -0.1) is 0 Å². The second kappa shape index (κ2) is 5.94. The first kappa shape index (κ1) is 13.7. The minimum Gasteiger partial charge on any atom is -0.409 e. The van der Waals surface area contributed by atoms with Crippen LogP contribution in [0.3, 0.4) is 0 Å². The monoisotopic (exact) mass is 271 g/mol. The molecule has 0 amide bonds. The highest BCUT2D eigenvalue weighted by Crippen LogP contribution is 2.13. The molecule has 1 fully saturated rings. The number of oxime groups is 1. The van der Waals surface area contributed by atoms with Crippen LogP contribution in [0.4, 0.5) is 8.78 Å². The average Bonchev–Trinajstić information content (AvgIpc) is 2.42. The number of ether oxygens (including phenoxy) is 1. The van der Waals surface area contributed by atoms with Crippen LogP contribution in [-0.2, 0) is 11.3 Å². The predicted octanol–water partition coefficient (Wildman–Crippen LogP) is 0.912. The van der Waals surface area contributed by atoms with Crippen molar-refractivity contribution in [3.8, 4) is 0 Å². The van der Waals surface area contributed by atoms with Gasteiger partial charge < -0.3 is 15.7 Å². The van der Waals surface area contributed by atoms with Crippen molar-refractivity contribution >= 4 is 5.84 Å². The topological polar surface area (TPSA) is 71.1 Å². The highest BCUT2D eigenvalue weighted by atomic mass is 19.2. The molecule has 0 radical (unpaired) electrons. The molecule has 3 N–H and O–H groups in total. The quantitative estimate of drug-likeness (QED) is 0.371. The third-order valence-electron chi connectivity index (χ3n) is 2.99. The third-order valence-corrected chi connectivity index (χ3v) is 2.99. The Balaban J connectivity index is 2.00. The number of benzene rings is 1. The van der Waals surface area contributed by atoms with Crippen LogP contribution in [0.25, 0.3) is 0 Å². The summed E-state index contributed by atoms with van der Waals surface area (Å²) in [4.78, 5) is 1.97. The normalized spacial score (nSPS) is 21.6. The van der Waals surface area contributed by atoms with Crippen LogP contribution in [-0.4, -0.2) is 41.7 Å². The summed E-state index contributed by atoms with van der Waals surface area (Å²) in [5.41, 5.74) is 6.15. The molecule has 1 aromatic rings. The van der Waals surface area contributed by atoms with Crippen LogP contribution in [0.5, 0.6) is 0 Å². The fourth-order valence-electron chi connectivity index (χ4n) is 1.99. The van der Waals surface area contributed by atoms with Gasteiger partial charge in [0.1, 0.15) is 6.10 Å². The van der Waals surface area contributed by atoms with Crippen molar-refractivity contribution in [1.29, 1.82) is 0 Å². The van der Waals surface area contributed by atoms with E-state index < -0.39 is 17.7 Å². The van der Waals surface area contributed by atoms with Crippen LogP contribution in [0.15, 0.2) is 23.4 Å². The second-order valence-electron chi connectivity index (χ2n) is 4.37. The number of nitrogens with two attached hydrogens (primary N) is 1. The zero-order chi connectivity index (χ0) is 13.8. The average molecular weight is 271 g/mol. The first-order valence-electron chi connectivity index (χ1n) is 5.85. The molecule has 1 aliphatic heterocycles. The zero-order valence-corrected chi connectivity index (χ0v) is 10.2. The van der Waals surface area contributed by atoms with Gasteiger partial charge in [0.2, 0.25) is 0 Å². The zero-order valence-electron chi connectivity index (χ0n) is 10.2. The lowest BCUT2D eigenvalue weighted by Gasteiger charge is -2.32. The Morgan fingerprint density at radius 2 is 2.26 bits per heavy atom. The van der Waals surface area contributed by atoms with Crippen LogP contribution in [0.2, 0.25) is 0 Å². The molecule has 1 saturated heterocycles. The second-order valence-corrected chi connectivity index (χ2v) is 4.37. The van der Waals surface area contributed by atoms with Gasteiger partial charge in [0.15, 0.2) is 17.5 Å². The van der Waals surface area contributed by atoms with E-state index in [4.69, 9.17) is 15.7 Å². The molecule has 104 valence electrons. The number of morpholine rings is 1. The smallest absolute Gasteiger partial charge is 0.169 e. The van der Waals surface area contributed by atoms with E-state index in [-0.39, 0.29) is 5.84 Å². The minimum absolute atomic E-state index is 0.00925. The molecule has 0 spiro atoms. The fraction of sp³-hybridized carbons (Fsp3) is 0.417. The number of hydrogen-bond acceptors (Lipinski definition) is 4. The van der Waals surface area contributed by atoms with Gasteiger partial charge in [-0.3, -0.25) is 4.90 Å². The summed E-state index contributed by atoms with van der Waals surface area (Å²) in [5, 5.41) is 11.5. The van der Waals surface area contributed by atoms with Crippen LogP contribution in [0.1, 0.15) is 5.56 Å². The summed E-state index contributed by atoms with van der Waals surface area (Å²) in [6, 6.07) is 3.81.